The first kappa shape index (κ1) is 25.4. The molecular weight excluding hydrogens is 484 g/mol. The van der Waals surface area contributed by atoms with E-state index in [9.17, 15) is 10.2 Å². The highest BCUT2D eigenvalue weighted by Gasteiger charge is 2.20. The SMILES string of the molecule is CC(CCO)n1nc(-c2cccn2CCN(C)C)c2cnc(Nc3ccnc(-c4cnn(C)c4O)n3)cc21. The number of aromatic nitrogens is 8. The van der Waals surface area contributed by atoms with Gasteiger partial charge in [-0.1, -0.05) is 0 Å². The van der Waals surface area contributed by atoms with Crippen LogP contribution >= 0.6 is 0 Å². The summed E-state index contributed by atoms with van der Waals surface area (Å²) in [6.45, 7) is 3.86. The number of anilines is 2. The van der Waals surface area contributed by atoms with Crippen LogP contribution in [-0.2, 0) is 13.6 Å². The van der Waals surface area contributed by atoms with Crippen molar-refractivity contribution in [2.45, 2.75) is 25.9 Å². The molecule has 12 nitrogen and oxygen atoms in total. The number of aliphatic hydroxyl groups is 1. The van der Waals surface area contributed by atoms with Gasteiger partial charge in [-0.15, -0.1) is 0 Å². The van der Waals surface area contributed by atoms with Crippen LogP contribution < -0.4 is 5.32 Å². The van der Waals surface area contributed by atoms with E-state index < -0.39 is 0 Å². The highest BCUT2D eigenvalue weighted by atomic mass is 16.3. The van der Waals surface area contributed by atoms with Crippen molar-refractivity contribution in [3.63, 3.8) is 0 Å². The number of aliphatic hydroxyl groups excluding tert-OH is 1. The number of nitrogens with zero attached hydrogens (tertiary/aromatic N) is 9. The molecule has 12 heteroatoms. The molecule has 5 heterocycles. The highest BCUT2D eigenvalue weighted by Crippen LogP contribution is 2.32. The first-order chi connectivity index (χ1) is 18.4. The summed E-state index contributed by atoms with van der Waals surface area (Å²) in [4.78, 5) is 15.6. The molecule has 1 unspecified atom stereocenters. The number of hydrogen-bond donors (Lipinski definition) is 3. The Balaban J connectivity index is 1.52. The lowest BCUT2D eigenvalue weighted by atomic mass is 10.2. The smallest absolute Gasteiger partial charge is 0.220 e. The first-order valence-electron chi connectivity index (χ1n) is 12.5. The Labute approximate surface area is 220 Å². The van der Waals surface area contributed by atoms with Gasteiger partial charge in [0.15, 0.2) is 5.82 Å². The molecule has 0 aliphatic rings. The Morgan fingerprint density at radius 2 is 1.97 bits per heavy atom. The van der Waals surface area contributed by atoms with Crippen molar-refractivity contribution in [1.29, 1.82) is 0 Å². The van der Waals surface area contributed by atoms with Crippen LogP contribution in [0.15, 0.2) is 49.1 Å². The third kappa shape index (κ3) is 4.95. The summed E-state index contributed by atoms with van der Waals surface area (Å²) < 4.78 is 5.51. The minimum Gasteiger partial charge on any atom is -0.493 e. The third-order valence-corrected chi connectivity index (χ3v) is 6.48. The lowest BCUT2D eigenvalue weighted by molar-refractivity contribution is 0.259. The number of hydrogen-bond acceptors (Lipinski definition) is 9. The molecule has 5 rings (SSSR count). The molecule has 0 saturated carbocycles. The molecule has 0 bridgehead atoms. The summed E-state index contributed by atoms with van der Waals surface area (Å²) in [6, 6.07) is 7.76. The molecule has 0 radical (unpaired) electrons. The number of nitrogens with one attached hydrogen (secondary N) is 1. The number of rotatable bonds is 10. The minimum absolute atomic E-state index is 0.00803. The van der Waals surface area contributed by atoms with Gasteiger partial charge in [-0.2, -0.15) is 10.2 Å². The number of aryl methyl sites for hydroxylation is 1. The number of fused-ring (bicyclic) bond motifs is 1. The summed E-state index contributed by atoms with van der Waals surface area (Å²) in [5, 5.41) is 33.1. The van der Waals surface area contributed by atoms with Crippen LogP contribution in [0.1, 0.15) is 19.4 Å². The van der Waals surface area contributed by atoms with Crippen molar-refractivity contribution in [2.75, 3.05) is 32.6 Å². The van der Waals surface area contributed by atoms with Gasteiger partial charge in [0.2, 0.25) is 5.88 Å². The van der Waals surface area contributed by atoms with Gasteiger partial charge in [0, 0.05) is 56.8 Å². The Bertz CT molecular complexity index is 1550. The molecule has 3 N–H and O–H groups in total. The van der Waals surface area contributed by atoms with Crippen LogP contribution in [0.5, 0.6) is 5.88 Å². The first-order valence-corrected chi connectivity index (χ1v) is 12.5. The zero-order valence-electron chi connectivity index (χ0n) is 21.9. The molecule has 5 aromatic heterocycles. The second-order valence-electron chi connectivity index (χ2n) is 9.53. The summed E-state index contributed by atoms with van der Waals surface area (Å²) >= 11 is 0. The van der Waals surface area contributed by atoms with Crippen LogP contribution in [0.3, 0.4) is 0 Å². The maximum absolute atomic E-state index is 10.2. The van der Waals surface area contributed by atoms with Crippen molar-refractivity contribution in [1.82, 2.24) is 44.0 Å². The van der Waals surface area contributed by atoms with Gasteiger partial charge in [0.25, 0.3) is 0 Å². The van der Waals surface area contributed by atoms with Gasteiger partial charge in [0.05, 0.1) is 23.4 Å². The van der Waals surface area contributed by atoms with E-state index in [2.05, 4.69) is 61.2 Å². The predicted octanol–water partition coefficient (Wildman–Crippen LogP) is 3.04. The molecule has 0 aliphatic carbocycles. The summed E-state index contributed by atoms with van der Waals surface area (Å²) in [7, 11) is 5.76. The van der Waals surface area contributed by atoms with E-state index in [1.165, 1.54) is 10.9 Å². The predicted molar refractivity (Wildman–Crippen MR) is 145 cm³/mol. The van der Waals surface area contributed by atoms with E-state index >= 15 is 0 Å². The van der Waals surface area contributed by atoms with Gasteiger partial charge < -0.3 is 25.0 Å². The van der Waals surface area contributed by atoms with Gasteiger partial charge in [-0.25, -0.2) is 19.6 Å². The van der Waals surface area contributed by atoms with Crippen molar-refractivity contribution in [3.05, 3.63) is 49.1 Å². The van der Waals surface area contributed by atoms with Gasteiger partial charge in [-0.3, -0.25) is 4.68 Å². The van der Waals surface area contributed by atoms with Crippen molar-refractivity contribution < 1.29 is 10.2 Å². The third-order valence-electron chi connectivity index (χ3n) is 6.48. The number of likely N-dealkylation sites (N-methyl/N-ethyl adjacent to an activating group) is 1. The minimum atomic E-state index is -0.0177. The molecule has 0 amide bonds. The van der Waals surface area contributed by atoms with Crippen molar-refractivity contribution in [3.8, 4) is 28.7 Å². The fourth-order valence-electron chi connectivity index (χ4n) is 4.34. The van der Waals surface area contributed by atoms with Gasteiger partial charge in [0.1, 0.15) is 22.9 Å². The van der Waals surface area contributed by atoms with Crippen LogP contribution in [0.25, 0.3) is 33.7 Å². The number of aromatic hydroxyl groups is 1. The molecule has 198 valence electrons. The fraction of sp³-hybridized carbons (Fsp3) is 0.346. The van der Waals surface area contributed by atoms with E-state index in [4.69, 9.17) is 5.10 Å². The monoisotopic (exact) mass is 516 g/mol. The molecule has 0 saturated heterocycles. The molecule has 1 atom stereocenters. The Kier molecular flexibility index (Phi) is 7.07. The lowest BCUT2D eigenvalue weighted by Crippen LogP contribution is -2.18. The van der Waals surface area contributed by atoms with Crippen molar-refractivity contribution in [2.24, 2.45) is 7.05 Å². The zero-order valence-corrected chi connectivity index (χ0v) is 21.9. The molecule has 0 fully saturated rings. The standard InChI is InChI=1S/C26H32N10O2/c1-17(8-13-37)36-21-14-23(30-22-7-9-27-25(31-22)19-16-29-34(4)26(19)38)28-15-18(21)24(32-36)20-6-5-10-35(20)12-11-33(2)3/h5-7,9-10,14-17,37-38H,8,11-13H2,1-4H3,(H,27,28,30,31). The summed E-state index contributed by atoms with van der Waals surface area (Å²) in [5.41, 5.74) is 3.21. The average Bonchev–Trinajstić information content (AvgIpc) is 3.60. The molecule has 0 aromatic carbocycles. The zero-order chi connectivity index (χ0) is 26.8. The van der Waals surface area contributed by atoms with E-state index in [1.54, 1.807) is 19.3 Å². The average molecular weight is 517 g/mol. The van der Waals surface area contributed by atoms with Crippen LogP contribution in [0, 0.1) is 0 Å². The van der Waals surface area contributed by atoms with E-state index in [-0.39, 0.29) is 18.5 Å². The molecule has 0 aliphatic heterocycles. The quantitative estimate of drug-likeness (QED) is 0.256. The van der Waals surface area contributed by atoms with E-state index in [1.807, 2.05) is 29.9 Å². The Morgan fingerprint density at radius 3 is 2.71 bits per heavy atom. The molecule has 0 spiro atoms. The Hall–Kier alpha value is -4.29. The second-order valence-corrected chi connectivity index (χ2v) is 9.53. The fourth-order valence-corrected chi connectivity index (χ4v) is 4.34. The topological polar surface area (TPSA) is 135 Å². The largest absolute Gasteiger partial charge is 0.493 e. The summed E-state index contributed by atoms with van der Waals surface area (Å²) in [5.74, 6) is 1.46. The van der Waals surface area contributed by atoms with E-state index in [0.717, 1.165) is 35.4 Å². The second kappa shape index (κ2) is 10.6. The number of pyridine rings is 1. The van der Waals surface area contributed by atoms with Gasteiger partial charge >= 0.3 is 0 Å². The maximum Gasteiger partial charge on any atom is 0.220 e. The highest BCUT2D eigenvalue weighted by molar-refractivity contribution is 5.93. The van der Waals surface area contributed by atoms with Crippen molar-refractivity contribution >= 4 is 22.5 Å². The van der Waals surface area contributed by atoms with Crippen LogP contribution in [0.4, 0.5) is 11.6 Å². The molecular formula is C26H32N10O2. The maximum atomic E-state index is 10.2. The Morgan fingerprint density at radius 1 is 1.13 bits per heavy atom. The van der Waals surface area contributed by atoms with Crippen LogP contribution in [0.2, 0.25) is 0 Å². The molecule has 5 aromatic rings. The lowest BCUT2D eigenvalue weighted by Gasteiger charge is -2.13. The normalized spacial score (nSPS) is 12.5. The summed E-state index contributed by atoms with van der Waals surface area (Å²) in [6.07, 6.45) is 7.60. The van der Waals surface area contributed by atoms with E-state index in [0.29, 0.717) is 29.4 Å². The molecule has 38 heavy (non-hydrogen) atoms. The van der Waals surface area contributed by atoms with Crippen LogP contribution in [-0.4, -0.2) is 81.4 Å². The van der Waals surface area contributed by atoms with Gasteiger partial charge in [-0.05, 0) is 45.6 Å².